The molecule has 1 aliphatic carbocycles. The lowest BCUT2D eigenvalue weighted by molar-refractivity contribution is 0.0586. The van der Waals surface area contributed by atoms with E-state index in [4.69, 9.17) is 26.2 Å². The molecule has 8 heteroatoms. The van der Waals surface area contributed by atoms with Crippen LogP contribution in [0.15, 0.2) is 96.1 Å². The number of ether oxygens (including phenoxy) is 2. The number of ketones is 3. The van der Waals surface area contributed by atoms with Gasteiger partial charge in [0, 0.05) is 27.6 Å². The Labute approximate surface area is 247 Å². The minimum atomic E-state index is -1.68. The fraction of sp³-hybridized carbons (Fsp3) is 0.176. The smallest absolute Gasteiger partial charge is 0.187 e. The minimum absolute atomic E-state index is 0.276. The van der Waals surface area contributed by atoms with E-state index in [1.54, 1.807) is 78.0 Å². The highest BCUT2D eigenvalue weighted by molar-refractivity contribution is 6.32. The van der Waals surface area contributed by atoms with Crippen molar-refractivity contribution in [1.82, 2.24) is 5.01 Å². The second-order valence-electron chi connectivity index (χ2n) is 10.6. The number of fused-ring (bicyclic) bond motifs is 5. The van der Waals surface area contributed by atoms with E-state index in [-0.39, 0.29) is 17.3 Å². The van der Waals surface area contributed by atoms with Crippen molar-refractivity contribution < 1.29 is 23.9 Å². The molecule has 3 unspecified atom stereocenters. The van der Waals surface area contributed by atoms with Gasteiger partial charge >= 0.3 is 0 Å². The molecule has 7 rings (SSSR count). The highest BCUT2D eigenvalue weighted by atomic mass is 35.5. The molecule has 1 spiro atoms. The monoisotopic (exact) mass is 576 g/mol. The summed E-state index contributed by atoms with van der Waals surface area (Å²) in [5.74, 6) is -0.927. The minimum Gasteiger partial charge on any atom is -0.493 e. The van der Waals surface area contributed by atoms with Crippen LogP contribution in [0.2, 0.25) is 5.02 Å². The van der Waals surface area contributed by atoms with Crippen LogP contribution in [-0.4, -0.2) is 48.8 Å². The lowest BCUT2D eigenvalue weighted by Crippen LogP contribution is -2.43. The van der Waals surface area contributed by atoms with E-state index in [1.165, 1.54) is 14.2 Å². The molecule has 0 amide bonds. The maximum atomic E-state index is 14.8. The molecular formula is C34H25ClN2O5. The van der Waals surface area contributed by atoms with Crippen LogP contribution in [0.3, 0.4) is 0 Å². The van der Waals surface area contributed by atoms with Gasteiger partial charge < -0.3 is 9.47 Å². The standard InChI is InChI=1S/C34H25ClN2O5/c1-41-26-16-13-20(17-27(26)42-2)28-29(30(38)19-11-14-22(35)15-12-19)37-31(23-8-4-3-7-21(23)18-36-37)34(28)32(39)24-9-5-6-10-25(24)33(34)40/h3-18,28-29,31H,1-2H3. The number of hydrogen-bond acceptors (Lipinski definition) is 7. The summed E-state index contributed by atoms with van der Waals surface area (Å²) in [5.41, 5.74) is 1.56. The molecule has 2 aliphatic heterocycles. The molecule has 208 valence electrons. The van der Waals surface area contributed by atoms with E-state index in [2.05, 4.69) is 0 Å². The second-order valence-corrected chi connectivity index (χ2v) is 11.1. The summed E-state index contributed by atoms with van der Waals surface area (Å²) >= 11 is 6.16. The van der Waals surface area contributed by atoms with E-state index in [0.29, 0.717) is 38.8 Å². The van der Waals surface area contributed by atoms with E-state index in [0.717, 1.165) is 11.1 Å². The molecule has 3 aliphatic rings. The molecule has 0 bridgehead atoms. The van der Waals surface area contributed by atoms with Crippen LogP contribution in [0.25, 0.3) is 0 Å². The Morgan fingerprint density at radius 3 is 2.14 bits per heavy atom. The highest BCUT2D eigenvalue weighted by Gasteiger charge is 2.72. The fourth-order valence-corrected chi connectivity index (χ4v) is 7.11. The van der Waals surface area contributed by atoms with Gasteiger partial charge in [-0.2, -0.15) is 5.10 Å². The van der Waals surface area contributed by atoms with E-state index < -0.39 is 23.4 Å². The third-order valence-electron chi connectivity index (χ3n) is 8.74. The number of methoxy groups -OCH3 is 2. The molecule has 4 aromatic rings. The zero-order chi connectivity index (χ0) is 29.2. The van der Waals surface area contributed by atoms with Crippen LogP contribution >= 0.6 is 11.6 Å². The largest absolute Gasteiger partial charge is 0.493 e. The quantitative estimate of drug-likeness (QED) is 0.209. The molecular weight excluding hydrogens is 552 g/mol. The Balaban J connectivity index is 1.55. The number of halogens is 1. The summed E-state index contributed by atoms with van der Waals surface area (Å²) in [5, 5.41) is 6.94. The Morgan fingerprint density at radius 1 is 0.833 bits per heavy atom. The molecule has 0 saturated carbocycles. The first-order valence-corrected chi connectivity index (χ1v) is 13.9. The third-order valence-corrected chi connectivity index (χ3v) is 8.99. The van der Waals surface area contributed by atoms with Gasteiger partial charge in [0.25, 0.3) is 0 Å². The van der Waals surface area contributed by atoms with Gasteiger partial charge in [-0.25, -0.2) is 0 Å². The van der Waals surface area contributed by atoms with Crippen LogP contribution in [0, 0.1) is 5.41 Å². The number of hydrazone groups is 1. The molecule has 7 nitrogen and oxygen atoms in total. The topological polar surface area (TPSA) is 85.3 Å². The first-order chi connectivity index (χ1) is 20.4. The lowest BCUT2D eigenvalue weighted by Gasteiger charge is -2.36. The van der Waals surface area contributed by atoms with Crippen molar-refractivity contribution in [2.75, 3.05) is 14.2 Å². The average molecular weight is 577 g/mol. The van der Waals surface area contributed by atoms with E-state index >= 15 is 0 Å². The summed E-state index contributed by atoms with van der Waals surface area (Å²) in [7, 11) is 3.06. The van der Waals surface area contributed by atoms with Gasteiger partial charge in [0.05, 0.1) is 26.5 Å². The van der Waals surface area contributed by atoms with Gasteiger partial charge in [-0.15, -0.1) is 0 Å². The number of carbonyl (C=O) groups excluding carboxylic acids is 3. The van der Waals surface area contributed by atoms with Gasteiger partial charge in [-0.3, -0.25) is 19.4 Å². The zero-order valence-electron chi connectivity index (χ0n) is 22.8. The van der Waals surface area contributed by atoms with E-state index in [1.807, 2.05) is 24.3 Å². The lowest BCUT2D eigenvalue weighted by atomic mass is 9.63. The highest BCUT2D eigenvalue weighted by Crippen LogP contribution is 2.65. The van der Waals surface area contributed by atoms with Crippen LogP contribution in [-0.2, 0) is 0 Å². The van der Waals surface area contributed by atoms with Gasteiger partial charge in [0.1, 0.15) is 11.5 Å². The second kappa shape index (κ2) is 9.67. The number of carbonyl (C=O) groups is 3. The molecule has 1 fully saturated rings. The van der Waals surface area contributed by atoms with Gasteiger partial charge in [-0.05, 0) is 53.1 Å². The third kappa shape index (κ3) is 3.46. The van der Waals surface area contributed by atoms with Crippen molar-refractivity contribution in [3.05, 3.63) is 129 Å². The first kappa shape index (κ1) is 26.2. The van der Waals surface area contributed by atoms with Crippen molar-refractivity contribution in [2.24, 2.45) is 10.5 Å². The number of benzene rings is 4. The van der Waals surface area contributed by atoms with Crippen LogP contribution in [0.5, 0.6) is 11.5 Å². The van der Waals surface area contributed by atoms with Crippen molar-refractivity contribution >= 4 is 35.2 Å². The summed E-state index contributed by atoms with van der Waals surface area (Å²) in [4.78, 5) is 44.2. The van der Waals surface area contributed by atoms with Gasteiger partial charge in [0.2, 0.25) is 0 Å². The summed E-state index contributed by atoms with van der Waals surface area (Å²) < 4.78 is 11.1. The molecule has 42 heavy (non-hydrogen) atoms. The summed E-state index contributed by atoms with van der Waals surface area (Å²) in [6, 6.07) is 24.5. The average Bonchev–Trinajstić information content (AvgIpc) is 3.46. The predicted molar refractivity (Wildman–Crippen MR) is 158 cm³/mol. The van der Waals surface area contributed by atoms with Crippen molar-refractivity contribution in [2.45, 2.75) is 18.0 Å². The molecule has 2 heterocycles. The number of Topliss-reactive ketones (excluding diaryl/α,β-unsaturated/α-hetero) is 3. The number of nitrogens with zero attached hydrogens (tertiary/aromatic N) is 2. The number of rotatable bonds is 5. The molecule has 0 radical (unpaired) electrons. The van der Waals surface area contributed by atoms with Crippen molar-refractivity contribution in [1.29, 1.82) is 0 Å². The van der Waals surface area contributed by atoms with E-state index in [9.17, 15) is 14.4 Å². The molecule has 0 N–H and O–H groups in total. The molecule has 0 aromatic heterocycles. The Bertz CT molecular complexity index is 1780. The van der Waals surface area contributed by atoms with Gasteiger partial charge in [0.15, 0.2) is 28.8 Å². The summed E-state index contributed by atoms with van der Waals surface area (Å²) in [6.45, 7) is 0. The molecule has 1 saturated heterocycles. The van der Waals surface area contributed by atoms with Crippen LogP contribution < -0.4 is 9.47 Å². The Kier molecular flexibility index (Phi) is 6.02. The zero-order valence-corrected chi connectivity index (χ0v) is 23.5. The van der Waals surface area contributed by atoms with Crippen LogP contribution in [0.1, 0.15) is 59.7 Å². The summed E-state index contributed by atoms with van der Waals surface area (Å²) in [6.07, 6.45) is 1.69. The SMILES string of the molecule is COc1ccc(C2C(C(=O)c3ccc(Cl)cc3)N3N=Cc4ccccc4C3C23C(=O)c2ccccc2C3=O)cc1OC. The van der Waals surface area contributed by atoms with Crippen molar-refractivity contribution in [3.8, 4) is 11.5 Å². The predicted octanol–water partition coefficient (Wildman–Crippen LogP) is 6.16. The first-order valence-electron chi connectivity index (χ1n) is 13.5. The number of hydrogen-bond donors (Lipinski definition) is 0. The maximum Gasteiger partial charge on any atom is 0.187 e. The van der Waals surface area contributed by atoms with Crippen LogP contribution in [0.4, 0.5) is 0 Å². The normalized spacial score (nSPS) is 21.2. The maximum absolute atomic E-state index is 14.8. The Morgan fingerprint density at radius 2 is 1.48 bits per heavy atom. The van der Waals surface area contributed by atoms with Crippen molar-refractivity contribution in [3.63, 3.8) is 0 Å². The Hall–Kier alpha value is -4.75. The molecule has 4 aromatic carbocycles. The molecule has 3 atom stereocenters. The van der Waals surface area contributed by atoms with Gasteiger partial charge in [-0.1, -0.05) is 66.2 Å². The fourth-order valence-electron chi connectivity index (χ4n) is 6.98.